The quantitative estimate of drug-likeness (QED) is 0.901. The zero-order valence-electron chi connectivity index (χ0n) is 11.3. The fourth-order valence-electron chi connectivity index (χ4n) is 2.93. The third-order valence-corrected chi connectivity index (χ3v) is 4.60. The van der Waals surface area contributed by atoms with Crippen LogP contribution in [0.2, 0.25) is 0 Å². The number of hydrogen-bond acceptors (Lipinski definition) is 2. The van der Waals surface area contributed by atoms with E-state index in [1.807, 2.05) is 6.92 Å². The Bertz CT molecular complexity index is 397. The molecule has 2 nitrogen and oxygen atoms in total. The van der Waals surface area contributed by atoms with E-state index < -0.39 is 0 Å². The molecule has 0 radical (unpaired) electrons. The van der Waals surface area contributed by atoms with E-state index in [2.05, 4.69) is 46.0 Å². The third kappa shape index (κ3) is 2.89. The Hall–Kier alpha value is -0.540. The van der Waals surface area contributed by atoms with Crippen LogP contribution in [0.5, 0.6) is 0 Å². The maximum atomic E-state index is 5.95. The van der Waals surface area contributed by atoms with Gasteiger partial charge in [0.2, 0.25) is 0 Å². The normalized spacial score (nSPS) is 18.0. The lowest BCUT2D eigenvalue weighted by Gasteiger charge is -2.30. The Labute approximate surface area is 119 Å². The van der Waals surface area contributed by atoms with Crippen molar-refractivity contribution in [2.45, 2.75) is 51.6 Å². The maximum Gasteiger partial charge on any atom is 0.0380 e. The first kappa shape index (κ1) is 13.9. The van der Waals surface area contributed by atoms with Gasteiger partial charge in [0.15, 0.2) is 0 Å². The standard InChI is InChI=1S/C15H23BrN2/c1-3-18(12-6-4-5-7-12)13-8-9-14(11(2)17)15(16)10-13/h8-12H,3-7,17H2,1-2H3/t11-/m0/s1. The van der Waals surface area contributed by atoms with Gasteiger partial charge >= 0.3 is 0 Å². The molecule has 0 spiro atoms. The second-order valence-corrected chi connectivity index (χ2v) is 6.07. The van der Waals surface area contributed by atoms with Crippen molar-refractivity contribution in [3.8, 4) is 0 Å². The van der Waals surface area contributed by atoms with Gasteiger partial charge in [0, 0.05) is 28.8 Å². The van der Waals surface area contributed by atoms with Crippen LogP contribution in [-0.4, -0.2) is 12.6 Å². The molecule has 0 aliphatic heterocycles. The van der Waals surface area contributed by atoms with Crippen molar-refractivity contribution in [1.29, 1.82) is 0 Å². The highest BCUT2D eigenvalue weighted by atomic mass is 79.9. The Kier molecular flexibility index (Phi) is 4.68. The molecule has 1 saturated carbocycles. The summed E-state index contributed by atoms with van der Waals surface area (Å²) in [6.45, 7) is 5.34. The molecule has 0 saturated heterocycles. The molecule has 2 N–H and O–H groups in total. The van der Waals surface area contributed by atoms with E-state index in [1.54, 1.807) is 0 Å². The van der Waals surface area contributed by atoms with Gasteiger partial charge in [0.25, 0.3) is 0 Å². The molecule has 3 heteroatoms. The number of nitrogens with zero attached hydrogens (tertiary/aromatic N) is 1. The second kappa shape index (κ2) is 6.07. The monoisotopic (exact) mass is 310 g/mol. The lowest BCUT2D eigenvalue weighted by atomic mass is 10.1. The molecule has 0 bridgehead atoms. The summed E-state index contributed by atoms with van der Waals surface area (Å²) in [5, 5.41) is 0. The highest BCUT2D eigenvalue weighted by Gasteiger charge is 2.22. The van der Waals surface area contributed by atoms with Crippen molar-refractivity contribution < 1.29 is 0 Å². The minimum absolute atomic E-state index is 0.0787. The number of rotatable bonds is 4. The van der Waals surface area contributed by atoms with Crippen LogP contribution >= 0.6 is 15.9 Å². The molecular weight excluding hydrogens is 288 g/mol. The molecule has 18 heavy (non-hydrogen) atoms. The van der Waals surface area contributed by atoms with Crippen LogP contribution in [0.1, 0.15) is 51.1 Å². The minimum atomic E-state index is 0.0787. The van der Waals surface area contributed by atoms with Gasteiger partial charge < -0.3 is 10.6 Å². The number of nitrogens with two attached hydrogens (primary N) is 1. The molecule has 1 aromatic rings. The molecule has 2 rings (SSSR count). The van der Waals surface area contributed by atoms with Gasteiger partial charge in [-0.25, -0.2) is 0 Å². The summed E-state index contributed by atoms with van der Waals surface area (Å²) in [6.07, 6.45) is 5.42. The van der Waals surface area contributed by atoms with E-state index in [9.17, 15) is 0 Å². The summed E-state index contributed by atoms with van der Waals surface area (Å²) in [6, 6.07) is 7.39. The molecule has 100 valence electrons. The smallest absolute Gasteiger partial charge is 0.0380 e. The van der Waals surface area contributed by atoms with Crippen molar-refractivity contribution in [3.05, 3.63) is 28.2 Å². The van der Waals surface area contributed by atoms with Crippen LogP contribution in [0.15, 0.2) is 22.7 Å². The molecule has 1 aliphatic carbocycles. The zero-order chi connectivity index (χ0) is 13.1. The van der Waals surface area contributed by atoms with E-state index in [0.29, 0.717) is 0 Å². The largest absolute Gasteiger partial charge is 0.369 e. The first-order valence-electron chi connectivity index (χ1n) is 6.95. The van der Waals surface area contributed by atoms with Crippen LogP contribution < -0.4 is 10.6 Å². The van der Waals surface area contributed by atoms with Gasteiger partial charge in [-0.1, -0.05) is 34.8 Å². The third-order valence-electron chi connectivity index (χ3n) is 3.91. The zero-order valence-corrected chi connectivity index (χ0v) is 12.9. The Balaban J connectivity index is 2.23. The molecule has 0 heterocycles. The summed E-state index contributed by atoms with van der Waals surface area (Å²) in [5.74, 6) is 0. The van der Waals surface area contributed by atoms with E-state index in [1.165, 1.54) is 36.9 Å². The topological polar surface area (TPSA) is 29.3 Å². The summed E-state index contributed by atoms with van der Waals surface area (Å²) in [4.78, 5) is 2.53. The number of benzene rings is 1. The number of halogens is 1. The first-order valence-corrected chi connectivity index (χ1v) is 7.74. The molecule has 0 amide bonds. The summed E-state index contributed by atoms with van der Waals surface area (Å²) in [5.41, 5.74) is 8.45. The van der Waals surface area contributed by atoms with Crippen LogP contribution in [0, 0.1) is 0 Å². The molecule has 1 aromatic carbocycles. The van der Waals surface area contributed by atoms with Crippen LogP contribution in [0.25, 0.3) is 0 Å². The van der Waals surface area contributed by atoms with E-state index in [-0.39, 0.29) is 6.04 Å². The van der Waals surface area contributed by atoms with Crippen molar-refractivity contribution in [1.82, 2.24) is 0 Å². The summed E-state index contributed by atoms with van der Waals surface area (Å²) >= 11 is 3.65. The second-order valence-electron chi connectivity index (χ2n) is 5.22. The minimum Gasteiger partial charge on any atom is -0.369 e. The molecule has 0 unspecified atom stereocenters. The molecule has 1 atom stereocenters. The SMILES string of the molecule is CCN(c1ccc([C@H](C)N)c(Br)c1)C1CCCC1. The first-order chi connectivity index (χ1) is 8.63. The average Bonchev–Trinajstić information content (AvgIpc) is 2.83. The van der Waals surface area contributed by atoms with E-state index >= 15 is 0 Å². The van der Waals surface area contributed by atoms with Crippen molar-refractivity contribution in [2.24, 2.45) is 5.73 Å². The van der Waals surface area contributed by atoms with Crippen LogP contribution in [0.4, 0.5) is 5.69 Å². The van der Waals surface area contributed by atoms with Crippen LogP contribution in [0.3, 0.4) is 0 Å². The number of anilines is 1. The molecule has 1 aliphatic rings. The maximum absolute atomic E-state index is 5.95. The van der Waals surface area contributed by atoms with Gasteiger partial charge in [-0.3, -0.25) is 0 Å². The van der Waals surface area contributed by atoms with Crippen molar-refractivity contribution in [3.63, 3.8) is 0 Å². The Morgan fingerprint density at radius 2 is 2.06 bits per heavy atom. The van der Waals surface area contributed by atoms with Gasteiger partial charge in [-0.15, -0.1) is 0 Å². The van der Waals surface area contributed by atoms with Crippen molar-refractivity contribution in [2.75, 3.05) is 11.4 Å². The predicted molar refractivity (Wildman–Crippen MR) is 82.0 cm³/mol. The lowest BCUT2D eigenvalue weighted by molar-refractivity contribution is 0.619. The highest BCUT2D eigenvalue weighted by Crippen LogP contribution is 2.32. The molecule has 0 aromatic heterocycles. The van der Waals surface area contributed by atoms with E-state index in [0.717, 1.165) is 17.1 Å². The molecule has 1 fully saturated rings. The van der Waals surface area contributed by atoms with Gasteiger partial charge in [-0.05, 0) is 44.4 Å². The lowest BCUT2D eigenvalue weighted by Crippen LogP contribution is -2.32. The van der Waals surface area contributed by atoms with Gasteiger partial charge in [0.05, 0.1) is 0 Å². The number of hydrogen-bond donors (Lipinski definition) is 1. The van der Waals surface area contributed by atoms with Gasteiger partial charge in [-0.2, -0.15) is 0 Å². The Morgan fingerprint density at radius 3 is 2.56 bits per heavy atom. The molecular formula is C15H23BrN2. The Morgan fingerprint density at radius 1 is 1.39 bits per heavy atom. The highest BCUT2D eigenvalue weighted by molar-refractivity contribution is 9.10. The van der Waals surface area contributed by atoms with Crippen molar-refractivity contribution >= 4 is 21.6 Å². The van der Waals surface area contributed by atoms with Gasteiger partial charge in [0.1, 0.15) is 0 Å². The fraction of sp³-hybridized carbons (Fsp3) is 0.600. The fourth-order valence-corrected chi connectivity index (χ4v) is 3.66. The predicted octanol–water partition coefficient (Wildman–Crippen LogP) is 4.24. The summed E-state index contributed by atoms with van der Waals surface area (Å²) in [7, 11) is 0. The average molecular weight is 311 g/mol. The van der Waals surface area contributed by atoms with E-state index in [4.69, 9.17) is 5.73 Å². The summed E-state index contributed by atoms with van der Waals surface area (Å²) < 4.78 is 1.13. The van der Waals surface area contributed by atoms with Crippen LogP contribution in [-0.2, 0) is 0 Å².